The maximum Gasteiger partial charge on any atom is 0.161 e. The quantitative estimate of drug-likeness (QED) is 0.853. The van der Waals surface area contributed by atoms with Gasteiger partial charge < -0.3 is 19.9 Å². The first-order valence-electron chi connectivity index (χ1n) is 7.30. The van der Waals surface area contributed by atoms with Gasteiger partial charge in [0, 0.05) is 6.04 Å². The van der Waals surface area contributed by atoms with Crippen molar-refractivity contribution in [3.8, 4) is 17.2 Å². The molecular weight excluding hydrogens is 278 g/mol. The summed E-state index contributed by atoms with van der Waals surface area (Å²) in [7, 11) is 3.29. The fourth-order valence-electron chi connectivity index (χ4n) is 2.26. The molecule has 0 fully saturated rings. The van der Waals surface area contributed by atoms with E-state index in [0.717, 1.165) is 34.8 Å². The van der Waals surface area contributed by atoms with E-state index in [2.05, 4.69) is 0 Å². The number of nitrogens with two attached hydrogens (primary N) is 1. The van der Waals surface area contributed by atoms with Gasteiger partial charge in [-0.3, -0.25) is 0 Å². The molecule has 0 spiro atoms. The number of hydrogen-bond donors (Lipinski definition) is 1. The Morgan fingerprint density at radius 3 is 2.45 bits per heavy atom. The van der Waals surface area contributed by atoms with Gasteiger partial charge in [0.05, 0.1) is 14.2 Å². The Morgan fingerprint density at radius 1 is 0.955 bits per heavy atom. The average molecular weight is 301 g/mol. The molecular formula is C18H23NO3. The maximum atomic E-state index is 5.91. The third-order valence-corrected chi connectivity index (χ3v) is 3.31. The minimum absolute atomic E-state index is 0.111. The highest BCUT2D eigenvalue weighted by molar-refractivity contribution is 5.43. The van der Waals surface area contributed by atoms with E-state index in [1.807, 2.05) is 49.4 Å². The molecule has 2 N–H and O–H groups in total. The second kappa shape index (κ2) is 7.71. The van der Waals surface area contributed by atoms with E-state index in [0.29, 0.717) is 6.61 Å². The van der Waals surface area contributed by atoms with Crippen molar-refractivity contribution < 1.29 is 14.2 Å². The van der Waals surface area contributed by atoms with Gasteiger partial charge >= 0.3 is 0 Å². The van der Waals surface area contributed by atoms with Gasteiger partial charge in [-0.15, -0.1) is 0 Å². The van der Waals surface area contributed by atoms with E-state index < -0.39 is 0 Å². The van der Waals surface area contributed by atoms with Gasteiger partial charge in [-0.1, -0.05) is 18.2 Å². The van der Waals surface area contributed by atoms with Gasteiger partial charge in [-0.05, 0) is 48.7 Å². The first kappa shape index (κ1) is 16.2. The minimum atomic E-state index is 0.111. The molecule has 0 aromatic heterocycles. The summed E-state index contributed by atoms with van der Waals surface area (Å²) in [5, 5.41) is 0. The van der Waals surface area contributed by atoms with Crippen LogP contribution < -0.4 is 19.9 Å². The fourth-order valence-corrected chi connectivity index (χ4v) is 2.26. The van der Waals surface area contributed by atoms with Crippen LogP contribution in [0.25, 0.3) is 0 Å². The van der Waals surface area contributed by atoms with Crippen LogP contribution in [-0.2, 0) is 13.0 Å². The van der Waals surface area contributed by atoms with Crippen LogP contribution in [0.3, 0.4) is 0 Å². The Morgan fingerprint density at radius 2 is 1.77 bits per heavy atom. The molecule has 4 nitrogen and oxygen atoms in total. The third kappa shape index (κ3) is 4.40. The lowest BCUT2D eigenvalue weighted by molar-refractivity contribution is 0.283. The molecule has 22 heavy (non-hydrogen) atoms. The van der Waals surface area contributed by atoms with Crippen LogP contribution in [0.1, 0.15) is 18.1 Å². The second-order valence-corrected chi connectivity index (χ2v) is 5.31. The summed E-state index contributed by atoms with van der Waals surface area (Å²) in [5.74, 6) is 2.26. The first-order chi connectivity index (χ1) is 10.6. The van der Waals surface area contributed by atoms with Crippen molar-refractivity contribution >= 4 is 0 Å². The predicted octanol–water partition coefficient (Wildman–Crippen LogP) is 3.17. The summed E-state index contributed by atoms with van der Waals surface area (Å²) in [6.45, 7) is 2.44. The lowest BCUT2D eigenvalue weighted by Crippen LogP contribution is -2.17. The van der Waals surface area contributed by atoms with Gasteiger partial charge in [0.1, 0.15) is 12.4 Å². The van der Waals surface area contributed by atoms with Crippen molar-refractivity contribution in [3.05, 3.63) is 53.6 Å². The Hall–Kier alpha value is -2.20. The molecule has 1 atom stereocenters. The zero-order chi connectivity index (χ0) is 15.9. The SMILES string of the molecule is COc1cccc(COc2cc(CC(C)N)ccc2OC)c1. The van der Waals surface area contributed by atoms with Crippen molar-refractivity contribution in [2.24, 2.45) is 5.73 Å². The van der Waals surface area contributed by atoms with Crippen molar-refractivity contribution in [2.45, 2.75) is 26.0 Å². The zero-order valence-electron chi connectivity index (χ0n) is 13.3. The van der Waals surface area contributed by atoms with Crippen molar-refractivity contribution in [1.29, 1.82) is 0 Å². The Labute approximate surface area is 131 Å². The highest BCUT2D eigenvalue weighted by Crippen LogP contribution is 2.29. The van der Waals surface area contributed by atoms with Crippen molar-refractivity contribution in [3.63, 3.8) is 0 Å². The van der Waals surface area contributed by atoms with Crippen LogP contribution in [0, 0.1) is 0 Å². The molecule has 2 aromatic rings. The molecule has 0 aliphatic heterocycles. The highest BCUT2D eigenvalue weighted by atomic mass is 16.5. The smallest absolute Gasteiger partial charge is 0.161 e. The highest BCUT2D eigenvalue weighted by Gasteiger charge is 2.08. The summed E-state index contributed by atoms with van der Waals surface area (Å²) in [6, 6.07) is 13.8. The topological polar surface area (TPSA) is 53.7 Å². The number of benzene rings is 2. The maximum absolute atomic E-state index is 5.91. The molecule has 0 radical (unpaired) electrons. The monoisotopic (exact) mass is 301 g/mol. The van der Waals surface area contributed by atoms with Crippen LogP contribution in [0.5, 0.6) is 17.2 Å². The molecule has 118 valence electrons. The van der Waals surface area contributed by atoms with E-state index in [4.69, 9.17) is 19.9 Å². The van der Waals surface area contributed by atoms with E-state index in [9.17, 15) is 0 Å². The third-order valence-electron chi connectivity index (χ3n) is 3.31. The molecule has 0 aliphatic rings. The molecule has 2 aromatic carbocycles. The van der Waals surface area contributed by atoms with E-state index in [1.165, 1.54) is 0 Å². The first-order valence-corrected chi connectivity index (χ1v) is 7.30. The van der Waals surface area contributed by atoms with Gasteiger partial charge in [-0.2, -0.15) is 0 Å². The van der Waals surface area contributed by atoms with Gasteiger partial charge in [-0.25, -0.2) is 0 Å². The average Bonchev–Trinajstić information content (AvgIpc) is 2.52. The molecule has 4 heteroatoms. The van der Waals surface area contributed by atoms with Crippen LogP contribution in [0.2, 0.25) is 0 Å². The molecule has 2 rings (SSSR count). The molecule has 0 aliphatic carbocycles. The van der Waals surface area contributed by atoms with Crippen LogP contribution in [0.4, 0.5) is 0 Å². The Bertz CT molecular complexity index is 611. The Balaban J connectivity index is 2.12. The summed E-state index contributed by atoms with van der Waals surface area (Å²) in [6.07, 6.45) is 0.805. The van der Waals surface area contributed by atoms with Crippen LogP contribution in [-0.4, -0.2) is 20.3 Å². The Kier molecular flexibility index (Phi) is 5.67. The van der Waals surface area contributed by atoms with E-state index in [1.54, 1.807) is 14.2 Å². The summed E-state index contributed by atoms with van der Waals surface area (Å²) < 4.78 is 16.5. The summed E-state index contributed by atoms with van der Waals surface area (Å²) in [4.78, 5) is 0. The largest absolute Gasteiger partial charge is 0.497 e. The molecule has 0 saturated carbocycles. The predicted molar refractivity (Wildman–Crippen MR) is 87.7 cm³/mol. The molecule has 0 heterocycles. The minimum Gasteiger partial charge on any atom is -0.497 e. The van der Waals surface area contributed by atoms with Gasteiger partial charge in [0.2, 0.25) is 0 Å². The number of methoxy groups -OCH3 is 2. The molecule has 0 bridgehead atoms. The van der Waals surface area contributed by atoms with Crippen LogP contribution in [0.15, 0.2) is 42.5 Å². The van der Waals surface area contributed by atoms with E-state index >= 15 is 0 Å². The number of rotatable bonds is 7. The number of hydrogen-bond acceptors (Lipinski definition) is 4. The van der Waals surface area contributed by atoms with Crippen molar-refractivity contribution in [2.75, 3.05) is 14.2 Å². The standard InChI is InChI=1S/C18H23NO3/c1-13(19)9-14-7-8-17(21-3)18(11-14)22-12-15-5-4-6-16(10-15)20-2/h4-8,10-11,13H,9,12,19H2,1-3H3. The molecule has 1 unspecified atom stereocenters. The van der Waals surface area contributed by atoms with E-state index in [-0.39, 0.29) is 6.04 Å². The van der Waals surface area contributed by atoms with Gasteiger partial charge in [0.25, 0.3) is 0 Å². The molecule has 0 saturated heterocycles. The number of ether oxygens (including phenoxy) is 3. The zero-order valence-corrected chi connectivity index (χ0v) is 13.3. The van der Waals surface area contributed by atoms with Crippen LogP contribution >= 0.6 is 0 Å². The van der Waals surface area contributed by atoms with Gasteiger partial charge in [0.15, 0.2) is 11.5 Å². The summed E-state index contributed by atoms with van der Waals surface area (Å²) >= 11 is 0. The molecule has 0 amide bonds. The van der Waals surface area contributed by atoms with Crippen molar-refractivity contribution in [1.82, 2.24) is 0 Å². The fraction of sp³-hybridized carbons (Fsp3) is 0.333. The lowest BCUT2D eigenvalue weighted by Gasteiger charge is -2.13. The summed E-state index contributed by atoms with van der Waals surface area (Å²) in [5.41, 5.74) is 8.03. The normalized spacial score (nSPS) is 11.8. The lowest BCUT2D eigenvalue weighted by atomic mass is 10.1. The second-order valence-electron chi connectivity index (χ2n) is 5.31.